The molecule has 1 fully saturated rings. The first-order chi connectivity index (χ1) is 13.3. The number of amides is 1. The van der Waals surface area contributed by atoms with Gasteiger partial charge >= 0.3 is 0 Å². The second-order valence-electron chi connectivity index (χ2n) is 6.26. The Morgan fingerprint density at radius 2 is 1.89 bits per heavy atom. The zero-order valence-corrected chi connectivity index (χ0v) is 15.9. The van der Waals surface area contributed by atoms with Crippen LogP contribution in [-0.2, 0) is 14.8 Å². The van der Waals surface area contributed by atoms with Crippen molar-refractivity contribution in [3.05, 3.63) is 63.7 Å². The minimum atomic E-state index is -3.68. The molecule has 0 saturated carbocycles. The molecular weight excluding hydrogens is 386 g/mol. The van der Waals surface area contributed by atoms with Crippen LogP contribution < -0.4 is 5.32 Å². The van der Waals surface area contributed by atoms with Crippen molar-refractivity contribution >= 4 is 27.3 Å². The van der Waals surface area contributed by atoms with E-state index in [9.17, 15) is 23.3 Å². The number of hydrogen-bond acceptors (Lipinski definition) is 6. The van der Waals surface area contributed by atoms with E-state index in [0.29, 0.717) is 24.5 Å². The van der Waals surface area contributed by atoms with Gasteiger partial charge in [0, 0.05) is 36.0 Å². The van der Waals surface area contributed by atoms with Crippen molar-refractivity contribution in [1.82, 2.24) is 4.31 Å². The number of ether oxygens (including phenoxy) is 1. The molecule has 0 bridgehead atoms. The SMILES string of the molecule is Cc1cc(C(=O)Nc2cccc(S(=O)(=O)N3CCOCC3)c2)ccc1[N+](=O)[O-]. The smallest absolute Gasteiger partial charge is 0.272 e. The number of anilines is 1. The highest BCUT2D eigenvalue weighted by atomic mass is 32.2. The summed E-state index contributed by atoms with van der Waals surface area (Å²) in [5.74, 6) is -0.487. The van der Waals surface area contributed by atoms with E-state index in [4.69, 9.17) is 4.74 Å². The van der Waals surface area contributed by atoms with Crippen molar-refractivity contribution in [2.75, 3.05) is 31.6 Å². The third kappa shape index (κ3) is 4.19. The maximum atomic E-state index is 12.7. The summed E-state index contributed by atoms with van der Waals surface area (Å²) >= 11 is 0. The summed E-state index contributed by atoms with van der Waals surface area (Å²) < 4.78 is 32.0. The van der Waals surface area contributed by atoms with Crippen molar-refractivity contribution in [1.29, 1.82) is 0 Å². The molecule has 148 valence electrons. The molecule has 0 unspecified atom stereocenters. The van der Waals surface area contributed by atoms with E-state index >= 15 is 0 Å². The van der Waals surface area contributed by atoms with Gasteiger partial charge in [-0.2, -0.15) is 4.31 Å². The number of nitrogens with zero attached hydrogens (tertiary/aromatic N) is 2. The first kappa shape index (κ1) is 19.9. The van der Waals surface area contributed by atoms with Crippen LogP contribution in [0, 0.1) is 17.0 Å². The quantitative estimate of drug-likeness (QED) is 0.601. The standard InChI is InChI=1S/C18H19N3O6S/c1-13-11-14(5-6-17(13)21(23)24)18(22)19-15-3-2-4-16(12-15)28(25,26)20-7-9-27-10-8-20/h2-6,11-12H,7-10H2,1H3,(H,19,22). The minimum absolute atomic E-state index is 0.0739. The number of aryl methyl sites for hydroxylation is 1. The lowest BCUT2D eigenvalue weighted by Crippen LogP contribution is -2.40. The van der Waals surface area contributed by atoms with E-state index in [2.05, 4.69) is 5.32 Å². The summed E-state index contributed by atoms with van der Waals surface area (Å²) in [4.78, 5) is 22.9. The first-order valence-electron chi connectivity index (χ1n) is 8.53. The molecule has 0 radical (unpaired) electrons. The predicted molar refractivity (Wildman–Crippen MR) is 102 cm³/mol. The van der Waals surface area contributed by atoms with E-state index in [1.807, 2.05) is 0 Å². The van der Waals surface area contributed by atoms with E-state index in [1.54, 1.807) is 19.1 Å². The molecule has 0 spiro atoms. The van der Waals surface area contributed by atoms with Crippen LogP contribution in [0.3, 0.4) is 0 Å². The van der Waals surface area contributed by atoms with Gasteiger partial charge in [-0.15, -0.1) is 0 Å². The number of hydrogen-bond donors (Lipinski definition) is 1. The number of nitro benzene ring substituents is 1. The van der Waals surface area contributed by atoms with E-state index in [0.717, 1.165) is 0 Å². The Kier molecular flexibility index (Phi) is 5.73. The number of morpholine rings is 1. The highest BCUT2D eigenvalue weighted by Gasteiger charge is 2.26. The zero-order chi connectivity index (χ0) is 20.3. The molecule has 2 aromatic carbocycles. The number of sulfonamides is 1. The molecule has 1 aliphatic rings. The Hall–Kier alpha value is -2.82. The van der Waals surface area contributed by atoms with Crippen molar-refractivity contribution in [2.45, 2.75) is 11.8 Å². The summed E-state index contributed by atoms with van der Waals surface area (Å²) in [6.45, 7) is 2.79. The number of carbonyl (C=O) groups excluding carboxylic acids is 1. The number of nitrogens with one attached hydrogen (secondary N) is 1. The third-order valence-corrected chi connectivity index (χ3v) is 6.25. The molecule has 3 rings (SSSR count). The Bertz CT molecular complexity index is 1020. The van der Waals surface area contributed by atoms with Gasteiger partial charge in [0.25, 0.3) is 11.6 Å². The topological polar surface area (TPSA) is 119 Å². The second-order valence-corrected chi connectivity index (χ2v) is 8.19. The Labute approximate surface area is 162 Å². The van der Waals surface area contributed by atoms with Gasteiger partial charge in [0.05, 0.1) is 23.0 Å². The zero-order valence-electron chi connectivity index (χ0n) is 15.1. The molecule has 0 aromatic heterocycles. The van der Waals surface area contributed by atoms with Gasteiger partial charge in [0.15, 0.2) is 0 Å². The van der Waals surface area contributed by atoms with E-state index in [-0.39, 0.29) is 29.2 Å². The summed E-state index contributed by atoms with van der Waals surface area (Å²) in [5, 5.41) is 13.5. The molecule has 10 heteroatoms. The van der Waals surface area contributed by atoms with Crippen LogP contribution in [0.2, 0.25) is 0 Å². The van der Waals surface area contributed by atoms with E-state index in [1.165, 1.54) is 34.6 Å². The van der Waals surface area contributed by atoms with Crippen LogP contribution in [0.4, 0.5) is 11.4 Å². The molecule has 1 amide bonds. The number of rotatable bonds is 5. The third-order valence-electron chi connectivity index (χ3n) is 4.36. The highest BCUT2D eigenvalue weighted by molar-refractivity contribution is 7.89. The molecule has 1 aliphatic heterocycles. The van der Waals surface area contributed by atoms with Gasteiger partial charge in [0.2, 0.25) is 10.0 Å². The van der Waals surface area contributed by atoms with E-state index < -0.39 is 20.9 Å². The lowest BCUT2D eigenvalue weighted by molar-refractivity contribution is -0.385. The fraction of sp³-hybridized carbons (Fsp3) is 0.278. The lowest BCUT2D eigenvalue weighted by atomic mass is 10.1. The van der Waals surface area contributed by atoms with Gasteiger partial charge < -0.3 is 10.1 Å². The minimum Gasteiger partial charge on any atom is -0.379 e. The summed E-state index contributed by atoms with van der Waals surface area (Å²) in [5.41, 5.74) is 0.844. The van der Waals surface area contributed by atoms with Crippen LogP contribution in [0.5, 0.6) is 0 Å². The van der Waals surface area contributed by atoms with Crippen LogP contribution >= 0.6 is 0 Å². The normalized spacial score (nSPS) is 15.2. The molecular formula is C18H19N3O6S. The summed E-state index contributed by atoms with van der Waals surface area (Å²) in [7, 11) is -3.68. The predicted octanol–water partition coefficient (Wildman–Crippen LogP) is 2.18. The number of carbonyl (C=O) groups is 1. The van der Waals surface area contributed by atoms with Crippen LogP contribution in [0.15, 0.2) is 47.4 Å². The highest BCUT2D eigenvalue weighted by Crippen LogP contribution is 2.22. The molecule has 9 nitrogen and oxygen atoms in total. The monoisotopic (exact) mass is 405 g/mol. The number of nitro groups is 1. The molecule has 2 aromatic rings. The van der Waals surface area contributed by atoms with Gasteiger partial charge in [0.1, 0.15) is 0 Å². The van der Waals surface area contributed by atoms with Crippen molar-refractivity contribution in [3.63, 3.8) is 0 Å². The van der Waals surface area contributed by atoms with Gasteiger partial charge in [-0.3, -0.25) is 14.9 Å². The van der Waals surface area contributed by atoms with Crippen LogP contribution in [0.1, 0.15) is 15.9 Å². The first-order valence-corrected chi connectivity index (χ1v) is 9.97. The fourth-order valence-electron chi connectivity index (χ4n) is 2.88. The van der Waals surface area contributed by atoms with Gasteiger partial charge in [-0.05, 0) is 37.3 Å². The summed E-state index contributed by atoms with van der Waals surface area (Å²) in [6.07, 6.45) is 0. The lowest BCUT2D eigenvalue weighted by Gasteiger charge is -2.26. The largest absolute Gasteiger partial charge is 0.379 e. The molecule has 1 saturated heterocycles. The van der Waals surface area contributed by atoms with Crippen molar-refractivity contribution < 1.29 is 22.9 Å². The fourth-order valence-corrected chi connectivity index (χ4v) is 4.33. The molecule has 1 heterocycles. The molecule has 0 atom stereocenters. The Morgan fingerprint density at radius 3 is 2.54 bits per heavy atom. The Balaban J connectivity index is 1.80. The maximum absolute atomic E-state index is 12.7. The molecule has 0 aliphatic carbocycles. The number of benzene rings is 2. The average Bonchev–Trinajstić information content (AvgIpc) is 2.68. The maximum Gasteiger partial charge on any atom is 0.272 e. The van der Waals surface area contributed by atoms with Gasteiger partial charge in [-0.25, -0.2) is 8.42 Å². The van der Waals surface area contributed by atoms with Crippen LogP contribution in [0.25, 0.3) is 0 Å². The van der Waals surface area contributed by atoms with Crippen molar-refractivity contribution in [3.8, 4) is 0 Å². The second kappa shape index (κ2) is 8.05. The molecule has 28 heavy (non-hydrogen) atoms. The molecule has 1 N–H and O–H groups in total. The Morgan fingerprint density at radius 1 is 1.18 bits per heavy atom. The van der Waals surface area contributed by atoms with Crippen molar-refractivity contribution in [2.24, 2.45) is 0 Å². The summed E-state index contributed by atoms with van der Waals surface area (Å²) in [6, 6.07) is 10.0. The van der Waals surface area contributed by atoms with Crippen LogP contribution in [-0.4, -0.2) is 49.9 Å². The van der Waals surface area contributed by atoms with Gasteiger partial charge in [-0.1, -0.05) is 6.07 Å². The average molecular weight is 405 g/mol.